The smallest absolute Gasteiger partial charge is 0.245 e. The summed E-state index contributed by atoms with van der Waals surface area (Å²) in [4.78, 5) is 6.63. The van der Waals surface area contributed by atoms with E-state index in [9.17, 15) is 5.11 Å². The van der Waals surface area contributed by atoms with Crippen molar-refractivity contribution in [2.45, 2.75) is 38.8 Å². The predicted octanol–water partition coefficient (Wildman–Crippen LogP) is 2.61. The number of phenols is 1. The summed E-state index contributed by atoms with van der Waals surface area (Å²) in [6.07, 6.45) is 4.59. The van der Waals surface area contributed by atoms with E-state index in [2.05, 4.69) is 51.3 Å². The standard InChI is InChI=1S/C21H27N7O/c1-21(2,3)23-15-7-10-28(13-15)20-22-12-18(24-25-20)16-6-5-14(11-19(16)29)17-8-9-27(4)26-17/h5-6,8-9,11-12,15,23,29H,7,10,13H2,1-4H3. The fourth-order valence-electron chi connectivity index (χ4n) is 3.69. The quantitative estimate of drug-likeness (QED) is 0.704. The molecule has 152 valence electrons. The van der Waals surface area contributed by atoms with Crippen LogP contribution in [0.2, 0.25) is 0 Å². The first-order valence-corrected chi connectivity index (χ1v) is 9.84. The zero-order valence-corrected chi connectivity index (χ0v) is 17.3. The van der Waals surface area contributed by atoms with Crippen molar-refractivity contribution in [2.24, 2.45) is 7.05 Å². The number of nitrogens with zero attached hydrogens (tertiary/aromatic N) is 6. The maximum atomic E-state index is 10.5. The zero-order chi connectivity index (χ0) is 20.6. The summed E-state index contributed by atoms with van der Waals surface area (Å²) < 4.78 is 1.73. The molecule has 8 nitrogen and oxygen atoms in total. The Balaban J connectivity index is 1.48. The Morgan fingerprint density at radius 2 is 1.97 bits per heavy atom. The minimum Gasteiger partial charge on any atom is -0.507 e. The van der Waals surface area contributed by atoms with Crippen molar-refractivity contribution < 1.29 is 5.11 Å². The van der Waals surface area contributed by atoms with Gasteiger partial charge in [-0.1, -0.05) is 6.07 Å². The number of aromatic hydroxyl groups is 1. The molecule has 1 unspecified atom stereocenters. The molecule has 1 aliphatic heterocycles. The van der Waals surface area contributed by atoms with Gasteiger partial charge in [0.25, 0.3) is 0 Å². The van der Waals surface area contributed by atoms with E-state index in [0.29, 0.717) is 23.2 Å². The summed E-state index contributed by atoms with van der Waals surface area (Å²) in [6, 6.07) is 7.75. The lowest BCUT2D eigenvalue weighted by Gasteiger charge is -2.25. The van der Waals surface area contributed by atoms with Crippen LogP contribution in [0.3, 0.4) is 0 Å². The van der Waals surface area contributed by atoms with Crippen LogP contribution in [-0.4, -0.2) is 54.7 Å². The van der Waals surface area contributed by atoms with Gasteiger partial charge in [-0.2, -0.15) is 5.10 Å². The van der Waals surface area contributed by atoms with Gasteiger partial charge in [0.15, 0.2) is 0 Å². The molecule has 0 amide bonds. The number of hydrogen-bond acceptors (Lipinski definition) is 7. The maximum absolute atomic E-state index is 10.5. The Morgan fingerprint density at radius 1 is 1.14 bits per heavy atom. The van der Waals surface area contributed by atoms with Gasteiger partial charge < -0.3 is 15.3 Å². The van der Waals surface area contributed by atoms with Crippen LogP contribution in [-0.2, 0) is 7.05 Å². The molecule has 0 saturated carbocycles. The van der Waals surface area contributed by atoms with E-state index in [1.807, 2.05) is 31.4 Å². The summed E-state index contributed by atoms with van der Waals surface area (Å²) in [6.45, 7) is 8.29. The molecule has 4 rings (SSSR count). The van der Waals surface area contributed by atoms with Crippen LogP contribution in [0, 0.1) is 0 Å². The monoisotopic (exact) mass is 393 g/mol. The van der Waals surface area contributed by atoms with Crippen molar-refractivity contribution in [2.75, 3.05) is 18.0 Å². The molecular formula is C21H27N7O. The number of nitrogens with one attached hydrogen (secondary N) is 1. The van der Waals surface area contributed by atoms with Gasteiger partial charge in [-0.3, -0.25) is 4.68 Å². The van der Waals surface area contributed by atoms with E-state index in [1.54, 1.807) is 16.9 Å². The molecule has 1 aromatic carbocycles. The van der Waals surface area contributed by atoms with E-state index >= 15 is 0 Å². The summed E-state index contributed by atoms with van der Waals surface area (Å²) in [5.74, 6) is 0.754. The van der Waals surface area contributed by atoms with Crippen molar-refractivity contribution >= 4 is 5.95 Å². The number of aryl methyl sites for hydroxylation is 1. The molecule has 0 radical (unpaired) electrons. The van der Waals surface area contributed by atoms with Crippen LogP contribution in [0.15, 0.2) is 36.7 Å². The molecule has 29 heavy (non-hydrogen) atoms. The highest BCUT2D eigenvalue weighted by Crippen LogP contribution is 2.31. The van der Waals surface area contributed by atoms with E-state index in [4.69, 9.17) is 0 Å². The Morgan fingerprint density at radius 3 is 2.59 bits per heavy atom. The van der Waals surface area contributed by atoms with Gasteiger partial charge in [0.05, 0.1) is 11.9 Å². The number of rotatable bonds is 4. The fourth-order valence-corrected chi connectivity index (χ4v) is 3.69. The summed E-state index contributed by atoms with van der Waals surface area (Å²) in [5, 5.41) is 27.1. The Hall–Kier alpha value is -3.00. The van der Waals surface area contributed by atoms with Gasteiger partial charge in [0.1, 0.15) is 11.4 Å². The first-order valence-electron chi connectivity index (χ1n) is 9.84. The van der Waals surface area contributed by atoms with E-state index < -0.39 is 0 Å². The van der Waals surface area contributed by atoms with E-state index in [1.165, 1.54) is 0 Å². The summed E-state index contributed by atoms with van der Waals surface area (Å²) in [5.41, 5.74) is 2.88. The second-order valence-electron chi connectivity index (χ2n) is 8.58. The molecule has 0 spiro atoms. The highest BCUT2D eigenvalue weighted by molar-refractivity contribution is 5.72. The number of benzene rings is 1. The Labute approximate surface area is 170 Å². The predicted molar refractivity (Wildman–Crippen MR) is 113 cm³/mol. The van der Waals surface area contributed by atoms with E-state index in [-0.39, 0.29) is 11.3 Å². The van der Waals surface area contributed by atoms with Gasteiger partial charge in [-0.25, -0.2) is 4.98 Å². The van der Waals surface area contributed by atoms with Crippen molar-refractivity contribution in [1.29, 1.82) is 0 Å². The molecule has 0 bridgehead atoms. The first-order chi connectivity index (χ1) is 13.8. The summed E-state index contributed by atoms with van der Waals surface area (Å²) >= 11 is 0. The van der Waals surface area contributed by atoms with Crippen LogP contribution >= 0.6 is 0 Å². The van der Waals surface area contributed by atoms with Gasteiger partial charge in [0.2, 0.25) is 5.95 Å². The Bertz CT molecular complexity index is 991. The molecule has 8 heteroatoms. The lowest BCUT2D eigenvalue weighted by Crippen LogP contribution is -2.45. The number of anilines is 1. The molecule has 3 heterocycles. The normalized spacial score (nSPS) is 17.1. The van der Waals surface area contributed by atoms with Gasteiger partial charge in [0, 0.05) is 49.0 Å². The van der Waals surface area contributed by atoms with E-state index in [0.717, 1.165) is 30.8 Å². The summed E-state index contributed by atoms with van der Waals surface area (Å²) in [7, 11) is 1.86. The molecule has 3 aromatic rings. The van der Waals surface area contributed by atoms with Crippen molar-refractivity contribution in [3.05, 3.63) is 36.7 Å². The Kier molecular flexibility index (Phi) is 4.96. The first kappa shape index (κ1) is 19.3. The number of aromatic nitrogens is 5. The molecule has 1 fully saturated rings. The van der Waals surface area contributed by atoms with Gasteiger partial charge in [-0.15, -0.1) is 10.2 Å². The third-order valence-electron chi connectivity index (χ3n) is 4.94. The van der Waals surface area contributed by atoms with Crippen LogP contribution in [0.1, 0.15) is 27.2 Å². The average Bonchev–Trinajstić information content (AvgIpc) is 3.30. The molecule has 0 aliphatic carbocycles. The lowest BCUT2D eigenvalue weighted by atomic mass is 10.1. The van der Waals surface area contributed by atoms with Crippen molar-refractivity contribution in [1.82, 2.24) is 30.3 Å². The third kappa shape index (κ3) is 4.37. The third-order valence-corrected chi connectivity index (χ3v) is 4.94. The lowest BCUT2D eigenvalue weighted by molar-refractivity contribution is 0.373. The van der Waals surface area contributed by atoms with Crippen LogP contribution in [0.25, 0.3) is 22.5 Å². The number of phenolic OH excluding ortho intramolecular Hbond substituents is 1. The minimum atomic E-state index is 0.0859. The molecule has 1 atom stereocenters. The van der Waals surface area contributed by atoms with Crippen LogP contribution in [0.5, 0.6) is 5.75 Å². The second-order valence-corrected chi connectivity index (χ2v) is 8.58. The molecule has 2 aromatic heterocycles. The zero-order valence-electron chi connectivity index (χ0n) is 17.3. The maximum Gasteiger partial charge on any atom is 0.245 e. The highest BCUT2D eigenvalue weighted by atomic mass is 16.3. The van der Waals surface area contributed by atoms with Gasteiger partial charge >= 0.3 is 0 Å². The van der Waals surface area contributed by atoms with Crippen molar-refractivity contribution in [3.8, 4) is 28.3 Å². The van der Waals surface area contributed by atoms with Crippen LogP contribution in [0.4, 0.5) is 5.95 Å². The average molecular weight is 393 g/mol. The minimum absolute atomic E-state index is 0.0859. The van der Waals surface area contributed by atoms with Crippen molar-refractivity contribution in [3.63, 3.8) is 0 Å². The molecule has 2 N–H and O–H groups in total. The second kappa shape index (κ2) is 7.44. The fraction of sp³-hybridized carbons (Fsp3) is 0.429. The molecule has 1 aliphatic rings. The van der Waals surface area contributed by atoms with Crippen LogP contribution < -0.4 is 10.2 Å². The topological polar surface area (TPSA) is 92.0 Å². The molecule has 1 saturated heterocycles. The SMILES string of the molecule is Cn1ccc(-c2ccc(-c3cnc(N4CCC(NC(C)(C)C)C4)nn3)c(O)c2)n1. The highest BCUT2D eigenvalue weighted by Gasteiger charge is 2.27. The largest absolute Gasteiger partial charge is 0.507 e. The molecular weight excluding hydrogens is 366 g/mol. The van der Waals surface area contributed by atoms with Gasteiger partial charge in [-0.05, 0) is 45.4 Å². The number of hydrogen-bond donors (Lipinski definition) is 2.